The molecule has 0 saturated heterocycles. The van der Waals surface area contributed by atoms with Crippen molar-refractivity contribution in [3.63, 3.8) is 0 Å². The summed E-state index contributed by atoms with van der Waals surface area (Å²) in [4.78, 5) is 0. The third-order valence-electron chi connectivity index (χ3n) is 2.88. The maximum absolute atomic E-state index is 2.54. The van der Waals surface area contributed by atoms with Gasteiger partial charge in [-0.15, -0.1) is 0 Å². The number of benzene rings is 2. The molecule has 0 spiro atoms. The third kappa shape index (κ3) is 2.64. The Bertz CT molecular complexity index is 378. The fourth-order valence-electron chi connectivity index (χ4n) is 1.85. The van der Waals surface area contributed by atoms with E-state index in [1.807, 2.05) is 0 Å². The summed E-state index contributed by atoms with van der Waals surface area (Å²) in [6, 6.07) is 21.4. The Morgan fingerprint density at radius 3 is 1.69 bits per heavy atom. The lowest BCUT2D eigenvalue weighted by molar-refractivity contribution is 0.764. The van der Waals surface area contributed by atoms with E-state index in [9.17, 15) is 0 Å². The lowest BCUT2D eigenvalue weighted by Crippen LogP contribution is -2.01. The fraction of sp³-hybridized carbons (Fsp3) is 0.200. The van der Waals surface area contributed by atoms with E-state index in [0.29, 0.717) is 9.84 Å². The maximum atomic E-state index is 2.54. The first kappa shape index (κ1) is 11.6. The third-order valence-corrected chi connectivity index (χ3v) is 4.68. The van der Waals surface area contributed by atoms with Gasteiger partial charge in [0.05, 0.1) is 0 Å². The number of halogens is 1. The predicted molar refractivity (Wildman–Crippen MR) is 78.1 cm³/mol. The molecule has 0 heterocycles. The zero-order valence-electron chi connectivity index (χ0n) is 9.31. The molecule has 0 aliphatic rings. The van der Waals surface area contributed by atoms with Gasteiger partial charge in [-0.2, -0.15) is 0 Å². The van der Waals surface area contributed by atoms with E-state index in [0.717, 1.165) is 0 Å². The molecule has 0 fully saturated rings. The monoisotopic (exact) mass is 322 g/mol. The molecular weight excluding hydrogens is 307 g/mol. The van der Waals surface area contributed by atoms with Crippen LogP contribution in [0.15, 0.2) is 60.7 Å². The van der Waals surface area contributed by atoms with Crippen molar-refractivity contribution in [3.8, 4) is 0 Å². The van der Waals surface area contributed by atoms with E-state index in [1.54, 1.807) is 0 Å². The van der Waals surface area contributed by atoms with Gasteiger partial charge in [0.2, 0.25) is 0 Å². The van der Waals surface area contributed by atoms with E-state index >= 15 is 0 Å². The average Bonchev–Trinajstić information content (AvgIpc) is 2.39. The smallest absolute Gasteiger partial charge is 0.0425 e. The fourth-order valence-corrected chi connectivity index (χ4v) is 2.68. The van der Waals surface area contributed by atoms with Gasteiger partial charge in [0, 0.05) is 3.92 Å². The topological polar surface area (TPSA) is 0 Å². The molecule has 0 nitrogen and oxygen atoms in total. The highest BCUT2D eigenvalue weighted by Gasteiger charge is 2.16. The van der Waals surface area contributed by atoms with Crippen LogP contribution in [0.25, 0.3) is 0 Å². The van der Waals surface area contributed by atoms with Gasteiger partial charge < -0.3 is 0 Å². The molecule has 0 amide bonds. The van der Waals surface area contributed by atoms with Crippen molar-refractivity contribution >= 4 is 22.6 Å². The molecule has 0 radical (unpaired) electrons. The van der Waals surface area contributed by atoms with Gasteiger partial charge in [-0.1, -0.05) is 90.2 Å². The molecule has 0 saturated carbocycles. The summed E-state index contributed by atoms with van der Waals surface area (Å²) in [5.74, 6) is 0.546. The second-order valence-electron chi connectivity index (χ2n) is 4.01. The Morgan fingerprint density at radius 2 is 1.19 bits per heavy atom. The van der Waals surface area contributed by atoms with Gasteiger partial charge in [0.25, 0.3) is 0 Å². The molecule has 2 aromatic carbocycles. The minimum absolute atomic E-state index is 0.529. The largest absolute Gasteiger partial charge is 0.0768 e. The maximum Gasteiger partial charge on any atom is 0.0425 e. The van der Waals surface area contributed by atoms with Gasteiger partial charge in [-0.3, -0.25) is 0 Å². The second kappa shape index (κ2) is 5.48. The summed E-state index contributed by atoms with van der Waals surface area (Å²) in [7, 11) is 0. The first-order valence-corrected chi connectivity index (χ1v) is 6.77. The molecule has 0 aliphatic carbocycles. The van der Waals surface area contributed by atoms with Crippen molar-refractivity contribution in [2.24, 2.45) is 0 Å². The van der Waals surface area contributed by atoms with Crippen LogP contribution in [0.2, 0.25) is 0 Å². The van der Waals surface area contributed by atoms with Gasteiger partial charge in [-0.25, -0.2) is 0 Å². The number of hydrogen-bond donors (Lipinski definition) is 0. The van der Waals surface area contributed by atoms with Crippen molar-refractivity contribution in [1.82, 2.24) is 0 Å². The number of hydrogen-bond acceptors (Lipinski definition) is 0. The molecule has 0 aliphatic heterocycles. The molecule has 0 N–H and O–H groups in total. The molecular formula is C15H15I. The minimum Gasteiger partial charge on any atom is -0.0768 e. The van der Waals surface area contributed by atoms with Gasteiger partial charge in [0.1, 0.15) is 0 Å². The Morgan fingerprint density at radius 1 is 0.750 bits per heavy atom. The summed E-state index contributed by atoms with van der Waals surface area (Å²) in [5.41, 5.74) is 2.81. The zero-order valence-corrected chi connectivity index (χ0v) is 11.5. The lowest BCUT2D eigenvalue weighted by Gasteiger charge is -2.19. The van der Waals surface area contributed by atoms with Gasteiger partial charge >= 0.3 is 0 Å². The van der Waals surface area contributed by atoms with E-state index in [2.05, 4.69) is 90.2 Å². The van der Waals surface area contributed by atoms with E-state index in [4.69, 9.17) is 0 Å². The van der Waals surface area contributed by atoms with Crippen molar-refractivity contribution in [1.29, 1.82) is 0 Å². The summed E-state index contributed by atoms with van der Waals surface area (Å²) in [5, 5.41) is 0. The van der Waals surface area contributed by atoms with Crippen LogP contribution in [-0.4, -0.2) is 0 Å². The first-order valence-electron chi connectivity index (χ1n) is 5.53. The molecule has 2 aromatic rings. The summed E-state index contributed by atoms with van der Waals surface area (Å²) >= 11 is 2.54. The second-order valence-corrected chi connectivity index (χ2v) is 5.35. The highest BCUT2D eigenvalue weighted by Crippen LogP contribution is 2.37. The van der Waals surface area contributed by atoms with Crippen LogP contribution in [0.4, 0.5) is 0 Å². The van der Waals surface area contributed by atoms with E-state index in [-0.39, 0.29) is 0 Å². The van der Waals surface area contributed by atoms with Crippen molar-refractivity contribution < 1.29 is 0 Å². The molecule has 2 rings (SSSR count). The van der Waals surface area contributed by atoms with Crippen LogP contribution in [-0.2, 0) is 0 Å². The lowest BCUT2D eigenvalue weighted by atomic mass is 9.94. The standard InChI is InChI=1S/C15H15I/c1-12(13-8-4-2-5-9-13)15(16)14-10-6-3-7-11-14/h2-12,15H,1H3. The molecule has 0 aromatic heterocycles. The minimum atomic E-state index is 0.529. The highest BCUT2D eigenvalue weighted by atomic mass is 127. The molecule has 2 atom stereocenters. The number of rotatable bonds is 3. The Hall–Kier alpha value is -0.830. The van der Waals surface area contributed by atoms with E-state index in [1.165, 1.54) is 11.1 Å². The Balaban J connectivity index is 2.20. The van der Waals surface area contributed by atoms with Crippen LogP contribution in [0.3, 0.4) is 0 Å². The Kier molecular flexibility index (Phi) is 3.99. The molecule has 16 heavy (non-hydrogen) atoms. The molecule has 1 heteroatoms. The quantitative estimate of drug-likeness (QED) is 0.553. The first-order chi connectivity index (χ1) is 7.79. The van der Waals surface area contributed by atoms with Crippen LogP contribution < -0.4 is 0 Å². The van der Waals surface area contributed by atoms with Gasteiger partial charge in [0.15, 0.2) is 0 Å². The summed E-state index contributed by atoms with van der Waals surface area (Å²) in [6.07, 6.45) is 0. The van der Waals surface area contributed by atoms with E-state index < -0.39 is 0 Å². The Labute approximate surface area is 111 Å². The van der Waals surface area contributed by atoms with Crippen molar-refractivity contribution in [2.45, 2.75) is 16.8 Å². The molecule has 0 bridgehead atoms. The SMILES string of the molecule is CC(c1ccccc1)C(I)c1ccccc1. The van der Waals surface area contributed by atoms with Crippen molar-refractivity contribution in [2.75, 3.05) is 0 Å². The van der Waals surface area contributed by atoms with Crippen LogP contribution >= 0.6 is 22.6 Å². The van der Waals surface area contributed by atoms with Crippen molar-refractivity contribution in [3.05, 3.63) is 71.8 Å². The molecule has 82 valence electrons. The van der Waals surface area contributed by atoms with Gasteiger partial charge in [-0.05, 0) is 17.0 Å². The highest BCUT2D eigenvalue weighted by molar-refractivity contribution is 14.1. The number of alkyl halides is 1. The van der Waals surface area contributed by atoms with Crippen LogP contribution in [0, 0.1) is 0 Å². The molecule has 2 unspecified atom stereocenters. The predicted octanol–water partition coefficient (Wildman–Crippen LogP) is 4.97. The van der Waals surface area contributed by atoms with Crippen LogP contribution in [0.5, 0.6) is 0 Å². The zero-order chi connectivity index (χ0) is 11.4. The summed E-state index contributed by atoms with van der Waals surface area (Å²) in [6.45, 7) is 2.29. The van der Waals surface area contributed by atoms with Crippen LogP contribution in [0.1, 0.15) is 27.9 Å². The average molecular weight is 322 g/mol. The normalized spacial score (nSPS) is 14.4. The summed E-state index contributed by atoms with van der Waals surface area (Å²) < 4.78 is 0.529.